The van der Waals surface area contributed by atoms with Gasteiger partial charge in [0.1, 0.15) is 22.3 Å². The van der Waals surface area contributed by atoms with Gasteiger partial charge in [0.2, 0.25) is 0 Å². The van der Waals surface area contributed by atoms with Crippen LogP contribution in [-0.2, 0) is 0 Å². The number of anilines is 3. The monoisotopic (exact) mass is 577 g/mol. The van der Waals surface area contributed by atoms with Crippen molar-refractivity contribution in [2.75, 3.05) is 4.90 Å². The van der Waals surface area contributed by atoms with E-state index in [0.717, 1.165) is 72.1 Å². The van der Waals surface area contributed by atoms with Crippen LogP contribution in [-0.4, -0.2) is 0 Å². The summed E-state index contributed by atoms with van der Waals surface area (Å²) in [5, 5.41) is 4.50. The number of benzene rings is 7. The van der Waals surface area contributed by atoms with E-state index in [9.17, 15) is 0 Å². The minimum Gasteiger partial charge on any atom is -0.456 e. The number of hydrogen-bond donors (Lipinski definition) is 0. The van der Waals surface area contributed by atoms with E-state index < -0.39 is 0 Å². The summed E-state index contributed by atoms with van der Waals surface area (Å²) in [6.07, 6.45) is 0. The summed E-state index contributed by atoms with van der Waals surface area (Å²) < 4.78 is 12.3. The maximum atomic E-state index is 6.18. The number of hydrogen-bond acceptors (Lipinski definition) is 3. The highest BCUT2D eigenvalue weighted by Gasteiger charge is 2.16. The molecule has 7 aromatic carbocycles. The van der Waals surface area contributed by atoms with Gasteiger partial charge in [0, 0.05) is 38.6 Å². The van der Waals surface area contributed by atoms with E-state index in [4.69, 9.17) is 8.83 Å². The molecular weight excluding hydrogens is 550 g/mol. The molecule has 0 aliphatic heterocycles. The van der Waals surface area contributed by atoms with E-state index in [2.05, 4.69) is 138 Å². The van der Waals surface area contributed by atoms with Crippen molar-refractivity contribution >= 4 is 60.9 Å². The summed E-state index contributed by atoms with van der Waals surface area (Å²) in [5.41, 5.74) is 11.5. The lowest BCUT2D eigenvalue weighted by Crippen LogP contribution is -2.09. The first-order valence-corrected chi connectivity index (χ1v) is 15.2. The Labute approximate surface area is 260 Å². The number of nitrogens with zero attached hydrogens (tertiary/aromatic N) is 1. The van der Waals surface area contributed by atoms with Gasteiger partial charge in [0.15, 0.2) is 0 Å². The van der Waals surface area contributed by atoms with Gasteiger partial charge >= 0.3 is 0 Å². The zero-order valence-electron chi connectivity index (χ0n) is 24.4. The van der Waals surface area contributed by atoms with Crippen molar-refractivity contribution in [1.82, 2.24) is 0 Å². The average Bonchev–Trinajstić information content (AvgIpc) is 3.67. The smallest absolute Gasteiger partial charge is 0.136 e. The largest absolute Gasteiger partial charge is 0.456 e. The Hall–Kier alpha value is -6.06. The molecule has 0 fully saturated rings. The molecule has 0 saturated heterocycles. The van der Waals surface area contributed by atoms with Gasteiger partial charge in [-0.2, -0.15) is 0 Å². The van der Waals surface area contributed by atoms with Crippen LogP contribution in [0.25, 0.3) is 66.1 Å². The summed E-state index contributed by atoms with van der Waals surface area (Å²) >= 11 is 0. The van der Waals surface area contributed by atoms with Gasteiger partial charge in [0.05, 0.1) is 0 Å². The summed E-state index contributed by atoms with van der Waals surface area (Å²) in [6.45, 7) is 0. The van der Waals surface area contributed by atoms with E-state index in [1.165, 1.54) is 11.1 Å². The third-order valence-corrected chi connectivity index (χ3v) is 8.69. The lowest BCUT2D eigenvalue weighted by Gasteiger charge is -2.26. The number of rotatable bonds is 5. The Kier molecular flexibility index (Phi) is 5.82. The van der Waals surface area contributed by atoms with Gasteiger partial charge in [-0.05, 0) is 89.0 Å². The van der Waals surface area contributed by atoms with Crippen LogP contribution in [0, 0.1) is 0 Å². The van der Waals surface area contributed by atoms with E-state index >= 15 is 0 Å². The lowest BCUT2D eigenvalue weighted by atomic mass is 10.0. The Morgan fingerprint density at radius 1 is 0.289 bits per heavy atom. The molecule has 3 nitrogen and oxygen atoms in total. The molecule has 9 aromatic rings. The van der Waals surface area contributed by atoms with Crippen molar-refractivity contribution in [2.45, 2.75) is 0 Å². The molecular formula is C42H27NO2. The highest BCUT2D eigenvalue weighted by atomic mass is 16.3. The van der Waals surface area contributed by atoms with Gasteiger partial charge < -0.3 is 13.7 Å². The van der Waals surface area contributed by atoms with Crippen molar-refractivity contribution < 1.29 is 8.83 Å². The van der Waals surface area contributed by atoms with Crippen molar-refractivity contribution in [3.8, 4) is 22.3 Å². The molecule has 2 aromatic heterocycles. The third-order valence-electron chi connectivity index (χ3n) is 8.69. The number of furan rings is 2. The van der Waals surface area contributed by atoms with Gasteiger partial charge in [-0.3, -0.25) is 0 Å². The van der Waals surface area contributed by atoms with Gasteiger partial charge in [-0.1, -0.05) is 97.1 Å². The minimum absolute atomic E-state index is 0.885. The van der Waals surface area contributed by atoms with Crippen LogP contribution in [0.1, 0.15) is 0 Å². The fourth-order valence-corrected chi connectivity index (χ4v) is 6.44. The number of fused-ring (bicyclic) bond motifs is 6. The maximum Gasteiger partial charge on any atom is 0.136 e. The second-order valence-corrected chi connectivity index (χ2v) is 11.4. The fraction of sp³-hybridized carbons (Fsp3) is 0. The van der Waals surface area contributed by atoms with Crippen molar-refractivity contribution in [3.05, 3.63) is 164 Å². The van der Waals surface area contributed by atoms with Crippen LogP contribution in [0.15, 0.2) is 173 Å². The van der Waals surface area contributed by atoms with E-state index in [1.807, 2.05) is 30.3 Å². The summed E-state index contributed by atoms with van der Waals surface area (Å²) in [5.74, 6) is 0. The van der Waals surface area contributed by atoms with Crippen molar-refractivity contribution in [1.29, 1.82) is 0 Å². The molecule has 2 heterocycles. The maximum absolute atomic E-state index is 6.18. The van der Waals surface area contributed by atoms with Crippen LogP contribution in [0.4, 0.5) is 17.1 Å². The third kappa shape index (κ3) is 4.37. The predicted molar refractivity (Wildman–Crippen MR) is 187 cm³/mol. The Bertz CT molecular complexity index is 2470. The molecule has 45 heavy (non-hydrogen) atoms. The first-order valence-electron chi connectivity index (χ1n) is 15.2. The van der Waals surface area contributed by atoms with Gasteiger partial charge in [-0.25, -0.2) is 0 Å². The van der Waals surface area contributed by atoms with Crippen LogP contribution in [0.2, 0.25) is 0 Å². The zero-order valence-corrected chi connectivity index (χ0v) is 24.4. The second kappa shape index (κ2) is 10.3. The lowest BCUT2D eigenvalue weighted by molar-refractivity contribution is 0.668. The van der Waals surface area contributed by atoms with Crippen LogP contribution >= 0.6 is 0 Å². The highest BCUT2D eigenvalue weighted by Crippen LogP contribution is 2.40. The minimum atomic E-state index is 0.885. The predicted octanol–water partition coefficient (Wildman–Crippen LogP) is 12.3. The Morgan fingerprint density at radius 2 is 0.756 bits per heavy atom. The summed E-state index contributed by atoms with van der Waals surface area (Å²) in [7, 11) is 0. The molecule has 0 atom stereocenters. The molecule has 0 unspecified atom stereocenters. The van der Waals surface area contributed by atoms with Crippen LogP contribution < -0.4 is 4.90 Å². The molecule has 0 spiro atoms. The Balaban J connectivity index is 1.14. The van der Waals surface area contributed by atoms with E-state index in [-0.39, 0.29) is 0 Å². The topological polar surface area (TPSA) is 29.5 Å². The molecule has 0 aliphatic carbocycles. The number of para-hydroxylation sites is 2. The fourth-order valence-electron chi connectivity index (χ4n) is 6.44. The summed E-state index contributed by atoms with van der Waals surface area (Å²) in [6, 6.07) is 57.4. The first-order chi connectivity index (χ1) is 22.3. The normalized spacial score (nSPS) is 11.6. The first kappa shape index (κ1) is 25.4. The highest BCUT2D eigenvalue weighted by molar-refractivity contribution is 6.07. The van der Waals surface area contributed by atoms with Crippen molar-refractivity contribution in [3.63, 3.8) is 0 Å². The molecule has 0 amide bonds. The standard InChI is InChI=1S/C42H27NO2/c1-2-8-28(9-3-1)29-14-19-32(20-15-29)43(34-23-25-41-38(27-34)36-11-5-7-13-40(36)44-41)33-21-16-30(17-22-33)31-18-24-37-35-10-4-6-12-39(35)45-42(37)26-31/h1-27H. The summed E-state index contributed by atoms with van der Waals surface area (Å²) in [4.78, 5) is 2.31. The van der Waals surface area contributed by atoms with E-state index in [1.54, 1.807) is 0 Å². The zero-order chi connectivity index (χ0) is 29.7. The van der Waals surface area contributed by atoms with Crippen LogP contribution in [0.5, 0.6) is 0 Å². The quantitative estimate of drug-likeness (QED) is 0.204. The van der Waals surface area contributed by atoms with Gasteiger partial charge in [-0.15, -0.1) is 0 Å². The molecule has 0 bridgehead atoms. The molecule has 9 rings (SSSR count). The van der Waals surface area contributed by atoms with Crippen molar-refractivity contribution in [2.24, 2.45) is 0 Å². The van der Waals surface area contributed by atoms with E-state index in [0.29, 0.717) is 0 Å². The Morgan fingerprint density at radius 3 is 1.44 bits per heavy atom. The molecule has 0 N–H and O–H groups in total. The molecule has 0 saturated carbocycles. The second-order valence-electron chi connectivity index (χ2n) is 11.4. The van der Waals surface area contributed by atoms with Gasteiger partial charge in [0.25, 0.3) is 0 Å². The molecule has 212 valence electrons. The SMILES string of the molecule is c1ccc(-c2ccc(N(c3ccc(-c4ccc5c(c4)oc4ccccc45)cc3)c3ccc4oc5ccccc5c4c3)cc2)cc1. The average molecular weight is 578 g/mol. The molecule has 0 radical (unpaired) electrons. The molecule has 3 heteroatoms. The molecule has 0 aliphatic rings. The van der Waals surface area contributed by atoms with Crippen LogP contribution in [0.3, 0.4) is 0 Å².